The van der Waals surface area contributed by atoms with Gasteiger partial charge in [0.15, 0.2) is 0 Å². The van der Waals surface area contributed by atoms with Crippen molar-refractivity contribution >= 4 is 15.9 Å². The Morgan fingerprint density at radius 1 is 1.24 bits per heavy atom. The average molecular weight is 296 g/mol. The largest absolute Gasteiger partial charge is 0.295 e. The van der Waals surface area contributed by atoms with Gasteiger partial charge in [-0.1, -0.05) is 40.5 Å². The lowest BCUT2D eigenvalue weighted by atomic mass is 10.0. The molecule has 1 nitrogen and oxygen atoms in total. The summed E-state index contributed by atoms with van der Waals surface area (Å²) in [5.74, 6) is 0. The van der Waals surface area contributed by atoms with Gasteiger partial charge in [-0.3, -0.25) is 4.90 Å². The maximum absolute atomic E-state index is 3.65. The highest BCUT2D eigenvalue weighted by Crippen LogP contribution is 2.21. The fraction of sp³-hybridized carbons (Fsp3) is 0.600. The van der Waals surface area contributed by atoms with Gasteiger partial charge >= 0.3 is 0 Å². The van der Waals surface area contributed by atoms with Crippen LogP contribution in [0.4, 0.5) is 0 Å². The maximum atomic E-state index is 3.65. The van der Waals surface area contributed by atoms with Crippen LogP contribution in [0.2, 0.25) is 0 Å². The summed E-state index contributed by atoms with van der Waals surface area (Å²) in [4.78, 5) is 2.63. The summed E-state index contributed by atoms with van der Waals surface area (Å²) in [6.45, 7) is 6.75. The van der Waals surface area contributed by atoms with Crippen molar-refractivity contribution in [2.45, 2.75) is 45.7 Å². The van der Waals surface area contributed by atoms with Gasteiger partial charge in [0.05, 0.1) is 0 Å². The number of halogens is 1. The third-order valence-corrected chi connectivity index (χ3v) is 4.63. The van der Waals surface area contributed by atoms with Crippen molar-refractivity contribution < 1.29 is 0 Å². The van der Waals surface area contributed by atoms with Crippen LogP contribution >= 0.6 is 15.9 Å². The van der Waals surface area contributed by atoms with Crippen LogP contribution in [0.3, 0.4) is 0 Å². The van der Waals surface area contributed by atoms with Crippen LogP contribution in [0.25, 0.3) is 0 Å². The van der Waals surface area contributed by atoms with Gasteiger partial charge < -0.3 is 0 Å². The summed E-state index contributed by atoms with van der Waals surface area (Å²) in [6.07, 6.45) is 4.09. The summed E-state index contributed by atoms with van der Waals surface area (Å²) < 4.78 is 0. The number of benzene rings is 1. The second-order valence-corrected chi connectivity index (χ2v) is 5.84. The average Bonchev–Trinajstić information content (AvgIpc) is 2.34. The summed E-state index contributed by atoms with van der Waals surface area (Å²) >= 11 is 3.65. The Balaban J connectivity index is 2.05. The minimum atomic E-state index is 0.727. The van der Waals surface area contributed by atoms with Crippen LogP contribution in [0.15, 0.2) is 18.2 Å². The fourth-order valence-corrected chi connectivity index (χ4v) is 3.31. The lowest BCUT2D eigenvalue weighted by Gasteiger charge is -2.34. The monoisotopic (exact) mass is 295 g/mol. The predicted molar refractivity (Wildman–Crippen MR) is 77.8 cm³/mol. The molecule has 1 heterocycles. The second-order valence-electron chi connectivity index (χ2n) is 5.19. The topological polar surface area (TPSA) is 3.24 Å². The number of alkyl halides is 1. The molecule has 0 spiro atoms. The lowest BCUT2D eigenvalue weighted by Crippen LogP contribution is -2.39. The first-order valence-electron chi connectivity index (χ1n) is 6.57. The van der Waals surface area contributed by atoms with E-state index < -0.39 is 0 Å². The van der Waals surface area contributed by atoms with Crippen molar-refractivity contribution in [2.24, 2.45) is 0 Å². The Bertz CT molecular complexity index is 375. The van der Waals surface area contributed by atoms with E-state index in [1.54, 1.807) is 0 Å². The van der Waals surface area contributed by atoms with Crippen LogP contribution in [0.5, 0.6) is 0 Å². The van der Waals surface area contributed by atoms with E-state index in [1.807, 2.05) is 0 Å². The van der Waals surface area contributed by atoms with Gasteiger partial charge in [0.1, 0.15) is 0 Å². The van der Waals surface area contributed by atoms with Crippen molar-refractivity contribution in [1.29, 1.82) is 0 Å². The lowest BCUT2D eigenvalue weighted by molar-refractivity contribution is 0.156. The zero-order chi connectivity index (χ0) is 12.3. The number of rotatable bonds is 3. The van der Waals surface area contributed by atoms with E-state index in [-0.39, 0.29) is 0 Å². The second kappa shape index (κ2) is 6.01. The van der Waals surface area contributed by atoms with Crippen molar-refractivity contribution in [3.8, 4) is 0 Å². The van der Waals surface area contributed by atoms with Crippen molar-refractivity contribution in [1.82, 2.24) is 4.90 Å². The Morgan fingerprint density at radius 2 is 2.06 bits per heavy atom. The van der Waals surface area contributed by atoms with E-state index in [2.05, 4.69) is 52.9 Å². The molecule has 1 aromatic rings. The molecule has 0 radical (unpaired) electrons. The van der Waals surface area contributed by atoms with E-state index in [1.165, 1.54) is 42.5 Å². The number of nitrogens with zero attached hydrogens (tertiary/aromatic N) is 1. The molecule has 0 bridgehead atoms. The molecular formula is C15H22BrN. The zero-order valence-electron chi connectivity index (χ0n) is 10.9. The van der Waals surface area contributed by atoms with Crippen molar-refractivity contribution in [3.05, 3.63) is 34.9 Å². The number of piperidine rings is 1. The number of aryl methyl sites for hydroxylation is 2. The summed E-state index contributed by atoms with van der Waals surface area (Å²) in [6, 6.07) is 7.60. The molecule has 0 saturated carbocycles. The first kappa shape index (κ1) is 13.1. The molecule has 1 aliphatic rings. The minimum Gasteiger partial charge on any atom is -0.295 e. The molecule has 0 N–H and O–H groups in total. The summed E-state index contributed by atoms with van der Waals surface area (Å²) in [5.41, 5.74) is 4.26. The van der Waals surface area contributed by atoms with Gasteiger partial charge in [0, 0.05) is 17.9 Å². The van der Waals surface area contributed by atoms with Crippen molar-refractivity contribution in [2.75, 3.05) is 11.9 Å². The van der Waals surface area contributed by atoms with Crippen LogP contribution in [0, 0.1) is 13.8 Å². The smallest absolute Gasteiger partial charge is 0.0237 e. The van der Waals surface area contributed by atoms with Gasteiger partial charge in [-0.25, -0.2) is 0 Å². The minimum absolute atomic E-state index is 0.727. The molecular weight excluding hydrogens is 274 g/mol. The van der Waals surface area contributed by atoms with E-state index in [9.17, 15) is 0 Å². The Hall–Kier alpha value is -0.340. The highest BCUT2D eigenvalue weighted by Gasteiger charge is 2.21. The third kappa shape index (κ3) is 3.32. The standard InChI is InChI=1S/C15H22BrN/c1-12-6-7-14(9-13(12)2)11-17-8-4-3-5-15(17)10-16/h6-7,9,15H,3-5,8,10-11H2,1-2H3. The number of likely N-dealkylation sites (tertiary alicyclic amines) is 1. The van der Waals surface area contributed by atoms with Gasteiger partial charge in [-0.15, -0.1) is 0 Å². The number of hydrogen-bond donors (Lipinski definition) is 0. The Morgan fingerprint density at radius 3 is 2.76 bits per heavy atom. The van der Waals surface area contributed by atoms with E-state index >= 15 is 0 Å². The van der Waals surface area contributed by atoms with Crippen LogP contribution in [-0.2, 0) is 6.54 Å². The molecule has 1 saturated heterocycles. The molecule has 2 rings (SSSR count). The third-order valence-electron chi connectivity index (χ3n) is 3.88. The molecule has 2 heteroatoms. The van der Waals surface area contributed by atoms with Gasteiger partial charge in [-0.2, -0.15) is 0 Å². The highest BCUT2D eigenvalue weighted by atomic mass is 79.9. The fourth-order valence-electron chi connectivity index (χ4n) is 2.58. The normalized spacial score (nSPS) is 21.7. The zero-order valence-corrected chi connectivity index (χ0v) is 12.5. The van der Waals surface area contributed by atoms with Gasteiger partial charge in [0.2, 0.25) is 0 Å². The Labute approximate surface area is 113 Å². The molecule has 0 amide bonds. The SMILES string of the molecule is Cc1ccc(CN2CCCCC2CBr)cc1C. The highest BCUT2D eigenvalue weighted by molar-refractivity contribution is 9.09. The molecule has 1 aromatic carbocycles. The predicted octanol–water partition coefficient (Wildman–Crippen LogP) is 4.05. The summed E-state index contributed by atoms with van der Waals surface area (Å²) in [5, 5.41) is 1.11. The first-order chi connectivity index (χ1) is 8.20. The molecule has 1 aliphatic heterocycles. The molecule has 1 unspecified atom stereocenters. The first-order valence-corrected chi connectivity index (χ1v) is 7.69. The van der Waals surface area contributed by atoms with Crippen LogP contribution < -0.4 is 0 Å². The van der Waals surface area contributed by atoms with E-state index in [0.29, 0.717) is 0 Å². The summed E-state index contributed by atoms with van der Waals surface area (Å²) in [7, 11) is 0. The molecule has 17 heavy (non-hydrogen) atoms. The van der Waals surface area contributed by atoms with Crippen LogP contribution in [-0.4, -0.2) is 22.8 Å². The van der Waals surface area contributed by atoms with Gasteiger partial charge in [0.25, 0.3) is 0 Å². The molecule has 0 aliphatic carbocycles. The van der Waals surface area contributed by atoms with E-state index in [4.69, 9.17) is 0 Å². The molecule has 1 atom stereocenters. The van der Waals surface area contributed by atoms with E-state index in [0.717, 1.165) is 17.9 Å². The number of hydrogen-bond acceptors (Lipinski definition) is 1. The van der Waals surface area contributed by atoms with Crippen molar-refractivity contribution in [3.63, 3.8) is 0 Å². The molecule has 94 valence electrons. The van der Waals surface area contributed by atoms with Gasteiger partial charge in [-0.05, 0) is 49.9 Å². The maximum Gasteiger partial charge on any atom is 0.0237 e. The van der Waals surface area contributed by atoms with Crippen LogP contribution in [0.1, 0.15) is 36.0 Å². The molecule has 0 aromatic heterocycles. The Kier molecular flexibility index (Phi) is 4.63. The molecule has 1 fully saturated rings. The quantitative estimate of drug-likeness (QED) is 0.761.